The van der Waals surface area contributed by atoms with Gasteiger partial charge in [-0.1, -0.05) is 24.3 Å². The molecule has 0 radical (unpaired) electrons. The van der Waals surface area contributed by atoms with Crippen LogP contribution in [0.25, 0.3) is 0 Å². The maximum atomic E-state index is 5.53. The maximum Gasteiger partial charge on any atom is 0.123 e. The number of aromatic nitrogens is 1. The zero-order valence-electron chi connectivity index (χ0n) is 12.5. The normalized spacial score (nSPS) is 18.8. The van der Waals surface area contributed by atoms with Gasteiger partial charge in [-0.05, 0) is 37.6 Å². The molecule has 1 saturated heterocycles. The van der Waals surface area contributed by atoms with Crippen molar-refractivity contribution in [3.05, 3.63) is 59.9 Å². The molecule has 1 unspecified atom stereocenters. The maximum absolute atomic E-state index is 5.53. The van der Waals surface area contributed by atoms with Crippen LogP contribution < -0.4 is 4.74 Å². The summed E-state index contributed by atoms with van der Waals surface area (Å²) in [4.78, 5) is 6.98. The third kappa shape index (κ3) is 3.24. The molecule has 3 heteroatoms. The minimum absolute atomic E-state index is 0.477. The molecule has 1 atom stereocenters. The van der Waals surface area contributed by atoms with Crippen molar-refractivity contribution in [1.29, 1.82) is 0 Å². The van der Waals surface area contributed by atoms with E-state index < -0.39 is 0 Å². The van der Waals surface area contributed by atoms with Gasteiger partial charge in [-0.2, -0.15) is 0 Å². The van der Waals surface area contributed by atoms with E-state index in [0.29, 0.717) is 6.04 Å². The summed E-state index contributed by atoms with van der Waals surface area (Å²) in [5, 5.41) is 0. The fraction of sp³-hybridized carbons (Fsp3) is 0.389. The highest BCUT2D eigenvalue weighted by Gasteiger charge is 2.27. The molecule has 1 aromatic carbocycles. The second-order valence-electron chi connectivity index (χ2n) is 5.51. The molecule has 1 aliphatic heterocycles. The summed E-state index contributed by atoms with van der Waals surface area (Å²) >= 11 is 0. The van der Waals surface area contributed by atoms with E-state index in [9.17, 15) is 0 Å². The van der Waals surface area contributed by atoms with Crippen LogP contribution in [0.4, 0.5) is 0 Å². The summed E-state index contributed by atoms with van der Waals surface area (Å²) < 4.78 is 5.53. The molecule has 0 bridgehead atoms. The zero-order chi connectivity index (χ0) is 14.5. The molecule has 3 rings (SSSR count). The van der Waals surface area contributed by atoms with Crippen LogP contribution in [-0.2, 0) is 6.42 Å². The van der Waals surface area contributed by atoms with Gasteiger partial charge in [-0.15, -0.1) is 0 Å². The van der Waals surface area contributed by atoms with Crippen LogP contribution in [0.5, 0.6) is 5.75 Å². The summed E-state index contributed by atoms with van der Waals surface area (Å²) in [5.74, 6) is 1.01. The molecule has 110 valence electrons. The first kappa shape index (κ1) is 14.1. The van der Waals surface area contributed by atoms with Gasteiger partial charge < -0.3 is 4.74 Å². The van der Waals surface area contributed by atoms with E-state index in [2.05, 4.69) is 40.2 Å². The summed E-state index contributed by atoms with van der Waals surface area (Å²) in [7, 11) is 1.76. The molecule has 3 nitrogen and oxygen atoms in total. The summed E-state index contributed by atoms with van der Waals surface area (Å²) in [5.41, 5.74) is 2.49. The Labute approximate surface area is 126 Å². The lowest BCUT2D eigenvalue weighted by atomic mass is 10.0. The van der Waals surface area contributed by atoms with Crippen molar-refractivity contribution in [2.45, 2.75) is 25.3 Å². The number of rotatable bonds is 5. The average Bonchev–Trinajstić information content (AvgIpc) is 3.02. The Morgan fingerprint density at radius 3 is 2.86 bits per heavy atom. The first-order chi connectivity index (χ1) is 10.4. The SMILES string of the molecule is COc1ccccc1C1CCCN1CCc1ccccn1. The van der Waals surface area contributed by atoms with Crippen molar-refractivity contribution in [3.63, 3.8) is 0 Å². The lowest BCUT2D eigenvalue weighted by Crippen LogP contribution is -2.26. The van der Waals surface area contributed by atoms with Crippen molar-refractivity contribution < 1.29 is 4.74 Å². The number of methoxy groups -OCH3 is 1. The van der Waals surface area contributed by atoms with E-state index >= 15 is 0 Å². The quantitative estimate of drug-likeness (QED) is 0.839. The molecule has 0 saturated carbocycles. The van der Waals surface area contributed by atoms with Gasteiger partial charge in [0.05, 0.1) is 7.11 Å². The number of benzene rings is 1. The summed E-state index contributed by atoms with van der Waals surface area (Å²) in [6, 6.07) is 15.0. The largest absolute Gasteiger partial charge is 0.496 e. The Morgan fingerprint density at radius 2 is 2.05 bits per heavy atom. The predicted molar refractivity (Wildman–Crippen MR) is 84.5 cm³/mol. The van der Waals surface area contributed by atoms with Crippen molar-refractivity contribution >= 4 is 0 Å². The molecule has 0 aliphatic carbocycles. The standard InChI is InChI=1S/C18H22N2O/c1-21-18-10-3-2-8-16(18)17-9-6-13-20(17)14-11-15-7-4-5-12-19-15/h2-5,7-8,10,12,17H,6,9,11,13-14H2,1H3. The molecule has 21 heavy (non-hydrogen) atoms. The Bertz CT molecular complexity index is 570. The minimum atomic E-state index is 0.477. The number of pyridine rings is 1. The summed E-state index contributed by atoms with van der Waals surface area (Å²) in [6.45, 7) is 2.22. The van der Waals surface area contributed by atoms with Crippen LogP contribution >= 0.6 is 0 Å². The fourth-order valence-electron chi connectivity index (χ4n) is 3.19. The van der Waals surface area contributed by atoms with Gasteiger partial charge in [0.2, 0.25) is 0 Å². The highest BCUT2D eigenvalue weighted by molar-refractivity contribution is 5.36. The molecule has 2 heterocycles. The Kier molecular flexibility index (Phi) is 4.51. The van der Waals surface area contributed by atoms with E-state index in [4.69, 9.17) is 4.74 Å². The molecule has 1 aliphatic rings. The zero-order valence-corrected chi connectivity index (χ0v) is 12.5. The Hall–Kier alpha value is -1.87. The monoisotopic (exact) mass is 282 g/mol. The van der Waals surface area contributed by atoms with Crippen LogP contribution in [0, 0.1) is 0 Å². The van der Waals surface area contributed by atoms with Crippen molar-refractivity contribution in [3.8, 4) is 5.75 Å². The van der Waals surface area contributed by atoms with Crippen molar-refractivity contribution in [2.24, 2.45) is 0 Å². The van der Waals surface area contributed by atoms with Gasteiger partial charge in [0, 0.05) is 36.5 Å². The second kappa shape index (κ2) is 6.72. The van der Waals surface area contributed by atoms with E-state index in [1.54, 1.807) is 7.11 Å². The highest BCUT2D eigenvalue weighted by Crippen LogP contribution is 2.36. The molecule has 0 N–H and O–H groups in total. The fourth-order valence-corrected chi connectivity index (χ4v) is 3.19. The van der Waals surface area contributed by atoms with Crippen molar-refractivity contribution in [1.82, 2.24) is 9.88 Å². The number of para-hydroxylation sites is 1. The van der Waals surface area contributed by atoms with Gasteiger partial charge in [0.1, 0.15) is 5.75 Å². The van der Waals surface area contributed by atoms with Gasteiger partial charge in [-0.25, -0.2) is 0 Å². The number of likely N-dealkylation sites (tertiary alicyclic amines) is 1. The molecule has 0 spiro atoms. The number of nitrogens with zero attached hydrogens (tertiary/aromatic N) is 2. The average molecular weight is 282 g/mol. The van der Waals surface area contributed by atoms with Gasteiger partial charge in [0.15, 0.2) is 0 Å². The minimum Gasteiger partial charge on any atom is -0.496 e. The molecule has 1 aromatic heterocycles. The van der Waals surface area contributed by atoms with E-state index in [-0.39, 0.29) is 0 Å². The van der Waals surface area contributed by atoms with Crippen LogP contribution in [0.3, 0.4) is 0 Å². The molecular formula is C18H22N2O. The Morgan fingerprint density at radius 1 is 1.19 bits per heavy atom. The van der Waals surface area contributed by atoms with E-state index in [1.807, 2.05) is 18.3 Å². The summed E-state index contributed by atoms with van der Waals surface area (Å²) in [6.07, 6.45) is 5.34. The van der Waals surface area contributed by atoms with Crippen LogP contribution in [0.15, 0.2) is 48.7 Å². The Balaban J connectivity index is 1.70. The molecule has 0 amide bonds. The number of ether oxygens (including phenoxy) is 1. The topological polar surface area (TPSA) is 25.4 Å². The van der Waals surface area contributed by atoms with Crippen LogP contribution in [0.1, 0.15) is 30.1 Å². The van der Waals surface area contributed by atoms with Crippen LogP contribution in [-0.4, -0.2) is 30.1 Å². The van der Waals surface area contributed by atoms with Crippen molar-refractivity contribution in [2.75, 3.05) is 20.2 Å². The number of hydrogen-bond acceptors (Lipinski definition) is 3. The predicted octanol–water partition coefficient (Wildman–Crippen LogP) is 3.47. The number of hydrogen-bond donors (Lipinski definition) is 0. The van der Waals surface area contributed by atoms with Gasteiger partial charge in [0.25, 0.3) is 0 Å². The van der Waals surface area contributed by atoms with Gasteiger partial charge >= 0.3 is 0 Å². The highest BCUT2D eigenvalue weighted by atomic mass is 16.5. The molecular weight excluding hydrogens is 260 g/mol. The molecule has 1 fully saturated rings. The first-order valence-electron chi connectivity index (χ1n) is 7.65. The third-order valence-corrected chi connectivity index (χ3v) is 4.24. The second-order valence-corrected chi connectivity index (χ2v) is 5.51. The lowest BCUT2D eigenvalue weighted by Gasteiger charge is -2.26. The lowest BCUT2D eigenvalue weighted by molar-refractivity contribution is 0.254. The smallest absolute Gasteiger partial charge is 0.123 e. The van der Waals surface area contributed by atoms with Gasteiger partial charge in [-0.3, -0.25) is 9.88 Å². The third-order valence-electron chi connectivity index (χ3n) is 4.24. The van der Waals surface area contributed by atoms with Crippen LogP contribution in [0.2, 0.25) is 0 Å². The molecule has 2 aromatic rings. The van der Waals surface area contributed by atoms with E-state index in [0.717, 1.165) is 25.3 Å². The van der Waals surface area contributed by atoms with E-state index in [1.165, 1.54) is 24.1 Å². The first-order valence-corrected chi connectivity index (χ1v) is 7.65.